The second-order valence-corrected chi connectivity index (χ2v) is 7.68. The predicted molar refractivity (Wildman–Crippen MR) is 117 cm³/mol. The van der Waals surface area contributed by atoms with Crippen molar-refractivity contribution in [1.82, 2.24) is 5.32 Å². The Morgan fingerprint density at radius 1 is 1.13 bits per heavy atom. The van der Waals surface area contributed by atoms with Gasteiger partial charge in [-0.1, -0.05) is 42.3 Å². The van der Waals surface area contributed by atoms with Gasteiger partial charge in [-0.2, -0.15) is 0 Å². The number of carbonyl (C=O) groups excluding carboxylic acids is 3. The minimum Gasteiger partial charge on any atom is -0.489 e. The minimum atomic E-state index is -0.831. The van der Waals surface area contributed by atoms with Crippen molar-refractivity contribution in [3.05, 3.63) is 63.1 Å². The zero-order chi connectivity index (χ0) is 22.0. The van der Waals surface area contributed by atoms with Crippen LogP contribution >= 0.6 is 23.2 Å². The Labute approximate surface area is 184 Å². The first-order chi connectivity index (χ1) is 14.2. The number of imide groups is 2. The second kappa shape index (κ2) is 8.90. The van der Waals surface area contributed by atoms with Crippen molar-refractivity contribution >= 4 is 52.8 Å². The van der Waals surface area contributed by atoms with Gasteiger partial charge in [0.2, 0.25) is 0 Å². The molecule has 8 heteroatoms. The number of halogens is 2. The van der Waals surface area contributed by atoms with Gasteiger partial charge in [0, 0.05) is 5.02 Å². The third-order valence-corrected chi connectivity index (χ3v) is 5.46. The Kier molecular flexibility index (Phi) is 6.48. The van der Waals surface area contributed by atoms with Crippen molar-refractivity contribution in [2.75, 3.05) is 4.90 Å². The number of urea groups is 1. The first-order valence-corrected chi connectivity index (χ1v) is 10.1. The van der Waals surface area contributed by atoms with Crippen LogP contribution in [-0.2, 0) is 9.59 Å². The van der Waals surface area contributed by atoms with Gasteiger partial charge in [-0.3, -0.25) is 14.9 Å². The van der Waals surface area contributed by atoms with Crippen LogP contribution in [0, 0.1) is 6.92 Å². The Bertz CT molecular complexity index is 1070. The van der Waals surface area contributed by atoms with Crippen LogP contribution in [0.4, 0.5) is 10.5 Å². The molecular formula is C22H20Cl2N2O4. The Hall–Kier alpha value is -2.83. The molecule has 1 N–H and O–H groups in total. The summed E-state index contributed by atoms with van der Waals surface area (Å²) in [6.45, 7) is 5.62. The number of ether oxygens (including phenoxy) is 1. The molecular weight excluding hydrogens is 427 g/mol. The van der Waals surface area contributed by atoms with Crippen LogP contribution in [0.5, 0.6) is 5.75 Å². The average Bonchev–Trinajstić information content (AvgIpc) is 2.70. The molecule has 6 nitrogen and oxygen atoms in total. The van der Waals surface area contributed by atoms with Gasteiger partial charge < -0.3 is 4.74 Å². The van der Waals surface area contributed by atoms with Crippen LogP contribution in [0.15, 0.2) is 42.0 Å². The second-order valence-electron chi connectivity index (χ2n) is 6.87. The fourth-order valence-corrected chi connectivity index (χ4v) is 3.29. The van der Waals surface area contributed by atoms with E-state index in [1.165, 1.54) is 6.08 Å². The van der Waals surface area contributed by atoms with Crippen molar-refractivity contribution in [3.63, 3.8) is 0 Å². The van der Waals surface area contributed by atoms with Crippen molar-refractivity contribution in [3.8, 4) is 5.75 Å². The molecule has 0 spiro atoms. The highest BCUT2D eigenvalue weighted by Crippen LogP contribution is 2.31. The maximum atomic E-state index is 13.0. The van der Waals surface area contributed by atoms with Crippen LogP contribution in [0.1, 0.15) is 31.4 Å². The number of carbonyl (C=O) groups is 3. The molecule has 1 heterocycles. The molecule has 1 atom stereocenters. The lowest BCUT2D eigenvalue weighted by Crippen LogP contribution is -2.54. The van der Waals surface area contributed by atoms with E-state index in [1.54, 1.807) is 43.3 Å². The molecule has 156 valence electrons. The van der Waals surface area contributed by atoms with Gasteiger partial charge >= 0.3 is 6.03 Å². The molecule has 1 saturated heterocycles. The summed E-state index contributed by atoms with van der Waals surface area (Å²) in [5.74, 6) is -1.01. The number of nitrogens with zero attached hydrogens (tertiary/aromatic N) is 1. The highest BCUT2D eigenvalue weighted by molar-refractivity contribution is 6.40. The molecule has 0 unspecified atom stereocenters. The lowest BCUT2D eigenvalue weighted by atomic mass is 10.1. The molecule has 4 amide bonds. The lowest BCUT2D eigenvalue weighted by molar-refractivity contribution is -0.122. The smallest absolute Gasteiger partial charge is 0.335 e. The number of hydrogen-bond acceptors (Lipinski definition) is 4. The number of hydrogen-bond donors (Lipinski definition) is 1. The molecule has 1 fully saturated rings. The number of anilines is 1. The molecule has 0 bridgehead atoms. The van der Waals surface area contributed by atoms with Crippen LogP contribution in [-0.4, -0.2) is 23.9 Å². The topological polar surface area (TPSA) is 75.7 Å². The third kappa shape index (κ3) is 4.35. The first kappa shape index (κ1) is 21.9. The largest absolute Gasteiger partial charge is 0.489 e. The molecule has 2 aromatic rings. The van der Waals surface area contributed by atoms with Crippen LogP contribution < -0.4 is 15.0 Å². The van der Waals surface area contributed by atoms with Crippen LogP contribution in [0.3, 0.4) is 0 Å². The van der Waals surface area contributed by atoms with E-state index in [1.807, 2.05) is 13.8 Å². The molecule has 1 aliphatic heterocycles. The average molecular weight is 447 g/mol. The maximum absolute atomic E-state index is 13.0. The number of barbiturate groups is 1. The minimum absolute atomic E-state index is 0.00193. The summed E-state index contributed by atoms with van der Waals surface area (Å²) in [7, 11) is 0. The highest BCUT2D eigenvalue weighted by atomic mass is 35.5. The molecule has 1 aliphatic rings. The number of rotatable bonds is 5. The van der Waals surface area contributed by atoms with E-state index in [0.29, 0.717) is 32.6 Å². The zero-order valence-electron chi connectivity index (χ0n) is 16.7. The summed E-state index contributed by atoms with van der Waals surface area (Å²) >= 11 is 12.4. The molecule has 30 heavy (non-hydrogen) atoms. The fourth-order valence-electron chi connectivity index (χ4n) is 2.88. The molecule has 0 radical (unpaired) electrons. The van der Waals surface area contributed by atoms with Gasteiger partial charge in [0.15, 0.2) is 0 Å². The normalized spacial score (nSPS) is 16.6. The Morgan fingerprint density at radius 2 is 1.87 bits per heavy atom. The third-order valence-electron chi connectivity index (χ3n) is 4.75. The highest BCUT2D eigenvalue weighted by Gasteiger charge is 2.37. The molecule has 2 aromatic carbocycles. The van der Waals surface area contributed by atoms with E-state index < -0.39 is 17.8 Å². The van der Waals surface area contributed by atoms with Crippen molar-refractivity contribution in [2.45, 2.75) is 33.3 Å². The van der Waals surface area contributed by atoms with E-state index in [0.717, 1.165) is 11.3 Å². The van der Waals surface area contributed by atoms with E-state index in [4.69, 9.17) is 27.9 Å². The van der Waals surface area contributed by atoms with Gasteiger partial charge in [-0.15, -0.1) is 0 Å². The number of benzene rings is 2. The quantitative estimate of drug-likeness (QED) is 0.509. The Morgan fingerprint density at radius 3 is 2.53 bits per heavy atom. The summed E-state index contributed by atoms with van der Waals surface area (Å²) in [5, 5.41) is 2.95. The summed E-state index contributed by atoms with van der Waals surface area (Å²) < 4.78 is 5.73. The summed E-state index contributed by atoms with van der Waals surface area (Å²) in [4.78, 5) is 38.7. The van der Waals surface area contributed by atoms with Crippen molar-refractivity contribution in [1.29, 1.82) is 0 Å². The van der Waals surface area contributed by atoms with Gasteiger partial charge in [0.25, 0.3) is 11.8 Å². The SMILES string of the molecule is CC[C@H](C)Oc1ccc(/C=C2\C(=O)NC(=O)N(c3cccc(Cl)c3C)C2=O)cc1Cl. The van der Waals surface area contributed by atoms with Gasteiger partial charge in [0.05, 0.1) is 16.8 Å². The van der Waals surface area contributed by atoms with E-state index in [-0.39, 0.29) is 11.7 Å². The maximum Gasteiger partial charge on any atom is 0.335 e. The molecule has 0 saturated carbocycles. The molecule has 0 aromatic heterocycles. The Balaban J connectivity index is 1.97. The standard InChI is InChI=1S/C22H20Cl2N2O4/c1-4-12(2)30-19-9-8-14(11-17(19)24)10-15-20(27)25-22(29)26(21(15)28)18-7-5-6-16(23)13(18)3/h5-12H,4H2,1-3H3,(H,25,27,29)/b15-10+/t12-/m0/s1. The van der Waals surface area contributed by atoms with E-state index in [9.17, 15) is 14.4 Å². The predicted octanol–water partition coefficient (Wildman–Crippen LogP) is 5.15. The van der Waals surface area contributed by atoms with E-state index in [2.05, 4.69) is 5.32 Å². The van der Waals surface area contributed by atoms with Crippen LogP contribution in [0.25, 0.3) is 6.08 Å². The zero-order valence-corrected chi connectivity index (χ0v) is 18.2. The van der Waals surface area contributed by atoms with Gasteiger partial charge in [-0.25, -0.2) is 9.69 Å². The summed E-state index contributed by atoms with van der Waals surface area (Å²) in [5.41, 5.74) is 1.18. The fraction of sp³-hybridized carbons (Fsp3) is 0.227. The summed E-state index contributed by atoms with van der Waals surface area (Å²) in [6, 6.07) is 8.99. The lowest BCUT2D eigenvalue weighted by Gasteiger charge is -2.27. The van der Waals surface area contributed by atoms with Gasteiger partial charge in [-0.05, 0) is 61.7 Å². The van der Waals surface area contributed by atoms with Crippen LogP contribution in [0.2, 0.25) is 10.0 Å². The number of nitrogens with one attached hydrogen (secondary N) is 1. The first-order valence-electron chi connectivity index (χ1n) is 9.35. The van der Waals surface area contributed by atoms with Gasteiger partial charge in [0.1, 0.15) is 11.3 Å². The molecule has 0 aliphatic carbocycles. The monoisotopic (exact) mass is 446 g/mol. The van der Waals surface area contributed by atoms with Crippen molar-refractivity contribution < 1.29 is 19.1 Å². The molecule has 3 rings (SSSR count). The van der Waals surface area contributed by atoms with Crippen molar-refractivity contribution in [2.24, 2.45) is 0 Å². The summed E-state index contributed by atoms with van der Waals surface area (Å²) in [6.07, 6.45) is 2.21. The number of amides is 4. The van der Waals surface area contributed by atoms with E-state index >= 15 is 0 Å².